The van der Waals surface area contributed by atoms with Gasteiger partial charge >= 0.3 is 0 Å². The first-order valence-corrected chi connectivity index (χ1v) is 7.27. The van der Waals surface area contributed by atoms with E-state index in [1.807, 2.05) is 39.0 Å². The van der Waals surface area contributed by atoms with Gasteiger partial charge in [-0.2, -0.15) is 0 Å². The van der Waals surface area contributed by atoms with E-state index in [0.717, 1.165) is 0 Å². The van der Waals surface area contributed by atoms with Crippen molar-refractivity contribution in [2.75, 3.05) is 19.0 Å². The normalized spacial score (nSPS) is 13.8. The highest BCUT2D eigenvalue weighted by atomic mass is 16.5. The Kier molecular flexibility index (Phi) is 7.19. The van der Waals surface area contributed by atoms with Gasteiger partial charge in [0.15, 0.2) is 0 Å². The van der Waals surface area contributed by atoms with Crippen LogP contribution in [0.4, 0.5) is 5.69 Å². The molecular formula is C16H26N2O3. The number of rotatable bonds is 8. The van der Waals surface area contributed by atoms with E-state index >= 15 is 0 Å². The minimum atomic E-state index is -0.395. The number of carbonyl (C=O) groups is 1. The molecule has 2 unspecified atom stereocenters. The monoisotopic (exact) mass is 294 g/mol. The smallest absolute Gasteiger partial charge is 0.225 e. The molecule has 0 saturated heterocycles. The van der Waals surface area contributed by atoms with E-state index in [2.05, 4.69) is 10.6 Å². The Labute approximate surface area is 126 Å². The van der Waals surface area contributed by atoms with Crippen molar-refractivity contribution >= 4 is 11.6 Å². The van der Waals surface area contributed by atoms with Gasteiger partial charge in [0.2, 0.25) is 5.91 Å². The van der Waals surface area contributed by atoms with E-state index in [1.165, 1.54) is 0 Å². The second-order valence-corrected chi connectivity index (χ2v) is 5.60. The van der Waals surface area contributed by atoms with Crippen LogP contribution >= 0.6 is 0 Å². The number of aliphatic hydroxyl groups excluding tert-OH is 1. The third kappa shape index (κ3) is 6.60. The Hall–Kier alpha value is -1.59. The summed E-state index contributed by atoms with van der Waals surface area (Å²) in [6.45, 7) is 6.35. The van der Waals surface area contributed by atoms with E-state index in [-0.39, 0.29) is 17.9 Å². The van der Waals surface area contributed by atoms with E-state index in [1.54, 1.807) is 13.2 Å². The number of hydrogen-bond acceptors (Lipinski definition) is 4. The molecule has 0 aliphatic rings. The molecule has 0 aromatic heterocycles. The lowest BCUT2D eigenvalue weighted by molar-refractivity contribution is -0.116. The van der Waals surface area contributed by atoms with Gasteiger partial charge in [-0.05, 0) is 25.0 Å². The van der Waals surface area contributed by atoms with Crippen molar-refractivity contribution in [2.24, 2.45) is 5.92 Å². The molecular weight excluding hydrogens is 268 g/mol. The van der Waals surface area contributed by atoms with E-state index in [9.17, 15) is 9.90 Å². The maximum atomic E-state index is 11.9. The highest BCUT2D eigenvalue weighted by molar-refractivity contribution is 5.91. The predicted octanol–water partition coefficient (Wildman–Crippen LogP) is 2.02. The first-order valence-electron chi connectivity index (χ1n) is 7.27. The molecule has 1 aromatic rings. The van der Waals surface area contributed by atoms with Crippen LogP contribution in [0.5, 0.6) is 5.75 Å². The maximum absolute atomic E-state index is 11.9. The van der Waals surface area contributed by atoms with Crippen LogP contribution in [0.3, 0.4) is 0 Å². The minimum absolute atomic E-state index is 0.00371. The average molecular weight is 294 g/mol. The summed E-state index contributed by atoms with van der Waals surface area (Å²) >= 11 is 0. The standard InChI is InChI=1S/C16H26N2O3/c1-11(2)15(19)10-17-12(3)8-16(20)18-13-6-5-7-14(9-13)21-4/h5-7,9,11-12,15,17,19H,8,10H2,1-4H3,(H,18,20). The van der Waals surface area contributed by atoms with Gasteiger partial charge < -0.3 is 20.5 Å². The fourth-order valence-electron chi connectivity index (χ4n) is 1.82. The van der Waals surface area contributed by atoms with Gasteiger partial charge in [0.05, 0.1) is 13.2 Å². The molecule has 1 rings (SSSR count). The summed E-state index contributed by atoms with van der Waals surface area (Å²) in [5.74, 6) is 0.844. The van der Waals surface area contributed by atoms with Crippen molar-refractivity contribution in [3.63, 3.8) is 0 Å². The largest absolute Gasteiger partial charge is 0.497 e. The zero-order valence-electron chi connectivity index (χ0n) is 13.2. The third-order valence-corrected chi connectivity index (χ3v) is 3.29. The van der Waals surface area contributed by atoms with Gasteiger partial charge in [-0.1, -0.05) is 19.9 Å². The second-order valence-electron chi connectivity index (χ2n) is 5.60. The quantitative estimate of drug-likeness (QED) is 0.686. The molecule has 2 atom stereocenters. The molecule has 0 saturated carbocycles. The Bertz CT molecular complexity index is 449. The van der Waals surface area contributed by atoms with Gasteiger partial charge in [-0.3, -0.25) is 4.79 Å². The van der Waals surface area contributed by atoms with Gasteiger partial charge in [0, 0.05) is 30.8 Å². The zero-order chi connectivity index (χ0) is 15.8. The molecule has 5 heteroatoms. The van der Waals surface area contributed by atoms with Crippen LogP contribution < -0.4 is 15.4 Å². The second kappa shape index (κ2) is 8.64. The maximum Gasteiger partial charge on any atom is 0.225 e. The highest BCUT2D eigenvalue weighted by Crippen LogP contribution is 2.16. The van der Waals surface area contributed by atoms with Crippen molar-refractivity contribution in [3.8, 4) is 5.75 Å². The molecule has 118 valence electrons. The van der Waals surface area contributed by atoms with E-state index < -0.39 is 6.10 Å². The fourth-order valence-corrected chi connectivity index (χ4v) is 1.82. The molecule has 5 nitrogen and oxygen atoms in total. The fraction of sp³-hybridized carbons (Fsp3) is 0.562. The lowest BCUT2D eigenvalue weighted by Crippen LogP contribution is -2.38. The zero-order valence-corrected chi connectivity index (χ0v) is 13.2. The number of ether oxygens (including phenoxy) is 1. The highest BCUT2D eigenvalue weighted by Gasteiger charge is 2.13. The van der Waals surface area contributed by atoms with Gasteiger partial charge in [0.25, 0.3) is 0 Å². The number of carbonyl (C=O) groups excluding carboxylic acids is 1. The van der Waals surface area contributed by atoms with E-state index in [0.29, 0.717) is 24.4 Å². The Morgan fingerprint density at radius 3 is 2.67 bits per heavy atom. The molecule has 21 heavy (non-hydrogen) atoms. The summed E-state index contributed by atoms with van der Waals surface area (Å²) in [5.41, 5.74) is 0.716. The lowest BCUT2D eigenvalue weighted by Gasteiger charge is -2.19. The van der Waals surface area contributed by atoms with Crippen LogP contribution in [0.1, 0.15) is 27.2 Å². The van der Waals surface area contributed by atoms with Crippen molar-refractivity contribution < 1.29 is 14.6 Å². The average Bonchev–Trinajstić information content (AvgIpc) is 2.44. The molecule has 0 fully saturated rings. The van der Waals surface area contributed by atoms with Crippen molar-refractivity contribution in [1.82, 2.24) is 5.32 Å². The molecule has 1 aromatic carbocycles. The van der Waals surface area contributed by atoms with Crippen LogP contribution in [-0.4, -0.2) is 36.8 Å². The molecule has 1 amide bonds. The summed E-state index contributed by atoms with van der Waals surface area (Å²) in [6.07, 6.45) is -0.0453. The first-order chi connectivity index (χ1) is 9.92. The Morgan fingerprint density at radius 2 is 2.05 bits per heavy atom. The lowest BCUT2D eigenvalue weighted by atomic mass is 10.1. The van der Waals surface area contributed by atoms with Crippen molar-refractivity contribution in [3.05, 3.63) is 24.3 Å². The van der Waals surface area contributed by atoms with Crippen molar-refractivity contribution in [1.29, 1.82) is 0 Å². The molecule has 0 spiro atoms. The van der Waals surface area contributed by atoms with Gasteiger partial charge in [-0.15, -0.1) is 0 Å². The molecule has 0 heterocycles. The molecule has 0 aliphatic carbocycles. The predicted molar refractivity (Wildman–Crippen MR) is 84.6 cm³/mol. The Balaban J connectivity index is 2.38. The summed E-state index contributed by atoms with van der Waals surface area (Å²) in [6, 6.07) is 7.26. The van der Waals surface area contributed by atoms with Crippen molar-refractivity contribution in [2.45, 2.75) is 39.3 Å². The summed E-state index contributed by atoms with van der Waals surface area (Å²) in [5, 5.41) is 15.7. The molecule has 0 radical (unpaired) electrons. The summed E-state index contributed by atoms with van der Waals surface area (Å²) < 4.78 is 5.11. The van der Waals surface area contributed by atoms with Crippen LogP contribution in [-0.2, 0) is 4.79 Å². The number of anilines is 1. The molecule has 3 N–H and O–H groups in total. The van der Waals surface area contributed by atoms with Gasteiger partial charge in [0.1, 0.15) is 5.75 Å². The number of hydrogen-bond donors (Lipinski definition) is 3. The number of methoxy groups -OCH3 is 1. The molecule has 0 bridgehead atoms. The number of aliphatic hydroxyl groups is 1. The van der Waals surface area contributed by atoms with Crippen LogP contribution in [0, 0.1) is 5.92 Å². The van der Waals surface area contributed by atoms with Crippen LogP contribution in [0.15, 0.2) is 24.3 Å². The first kappa shape index (κ1) is 17.5. The third-order valence-electron chi connectivity index (χ3n) is 3.29. The number of benzene rings is 1. The SMILES string of the molecule is COc1cccc(NC(=O)CC(C)NCC(O)C(C)C)c1. The number of nitrogens with one attached hydrogen (secondary N) is 2. The van der Waals surface area contributed by atoms with Crippen LogP contribution in [0.25, 0.3) is 0 Å². The van der Waals surface area contributed by atoms with Crippen LogP contribution in [0.2, 0.25) is 0 Å². The Morgan fingerprint density at radius 1 is 1.33 bits per heavy atom. The summed E-state index contributed by atoms with van der Waals surface area (Å²) in [7, 11) is 1.59. The minimum Gasteiger partial charge on any atom is -0.497 e. The van der Waals surface area contributed by atoms with E-state index in [4.69, 9.17) is 4.74 Å². The topological polar surface area (TPSA) is 70.6 Å². The van der Waals surface area contributed by atoms with Gasteiger partial charge in [-0.25, -0.2) is 0 Å². The molecule has 0 aliphatic heterocycles. The summed E-state index contributed by atoms with van der Waals surface area (Å²) in [4.78, 5) is 11.9. The number of amides is 1.